The number of ether oxygens (including phenoxy) is 1. The summed E-state index contributed by atoms with van der Waals surface area (Å²) >= 11 is 0. The highest BCUT2D eigenvalue weighted by atomic mass is 35.5. The van der Waals surface area contributed by atoms with Gasteiger partial charge in [0.1, 0.15) is 17.6 Å². The Morgan fingerprint density at radius 2 is 2.18 bits per heavy atom. The van der Waals surface area contributed by atoms with Gasteiger partial charge >= 0.3 is 5.97 Å². The zero-order valence-corrected chi connectivity index (χ0v) is 10.8. The van der Waals surface area contributed by atoms with Crippen molar-refractivity contribution in [2.24, 2.45) is 5.73 Å². The Kier molecular flexibility index (Phi) is 6.20. The maximum Gasteiger partial charge on any atom is 0.342 e. The van der Waals surface area contributed by atoms with Crippen LogP contribution < -0.4 is 5.73 Å². The number of hydrogen-bond donors (Lipinski definition) is 1. The molecule has 2 N–H and O–H groups in total. The Morgan fingerprint density at radius 1 is 1.59 bits per heavy atom. The first-order chi connectivity index (χ1) is 7.47. The topological polar surface area (TPSA) is 65.5 Å². The molecule has 2 atom stereocenters. The Balaban J connectivity index is 0.00000256. The van der Waals surface area contributed by atoms with Gasteiger partial charge in [0.15, 0.2) is 0 Å². The zero-order chi connectivity index (χ0) is 12.3. The highest BCUT2D eigenvalue weighted by Crippen LogP contribution is 2.23. The summed E-state index contributed by atoms with van der Waals surface area (Å²) < 4.78 is 23.3. The van der Waals surface area contributed by atoms with Crippen LogP contribution in [0.4, 0.5) is 4.39 Å². The number of hydrogen-bond acceptors (Lipinski definition) is 4. The largest absolute Gasteiger partial charge is 0.464 e. The van der Waals surface area contributed by atoms with E-state index >= 15 is 0 Å². The molecule has 1 unspecified atom stereocenters. The van der Waals surface area contributed by atoms with Crippen LogP contribution in [0, 0.1) is 13.8 Å². The maximum absolute atomic E-state index is 13.5. The van der Waals surface area contributed by atoms with Crippen LogP contribution in [0.1, 0.15) is 30.0 Å². The van der Waals surface area contributed by atoms with Gasteiger partial charge < -0.3 is 14.9 Å². The molecule has 0 aliphatic carbocycles. The van der Waals surface area contributed by atoms with Crippen molar-refractivity contribution >= 4 is 18.4 Å². The van der Waals surface area contributed by atoms with E-state index in [-0.39, 0.29) is 24.8 Å². The predicted molar refractivity (Wildman–Crippen MR) is 63.9 cm³/mol. The highest BCUT2D eigenvalue weighted by molar-refractivity contribution is 5.85. The molecule has 1 aromatic rings. The summed E-state index contributed by atoms with van der Waals surface area (Å²) in [5.74, 6) is -0.0289. The second-order valence-electron chi connectivity index (χ2n) is 3.57. The van der Waals surface area contributed by atoms with Crippen LogP contribution >= 0.6 is 12.4 Å². The van der Waals surface area contributed by atoms with E-state index in [4.69, 9.17) is 10.2 Å². The van der Waals surface area contributed by atoms with Crippen molar-refractivity contribution < 1.29 is 18.3 Å². The van der Waals surface area contributed by atoms with Crippen molar-refractivity contribution in [2.45, 2.75) is 33.0 Å². The van der Waals surface area contributed by atoms with Crippen molar-refractivity contribution in [3.63, 3.8) is 0 Å². The van der Waals surface area contributed by atoms with Gasteiger partial charge in [0.25, 0.3) is 0 Å². The molecule has 98 valence electrons. The summed E-state index contributed by atoms with van der Waals surface area (Å²) in [6, 6.07) is 0.512. The third kappa shape index (κ3) is 3.71. The molecule has 0 amide bonds. The van der Waals surface area contributed by atoms with Crippen molar-refractivity contribution in [2.75, 3.05) is 6.61 Å². The second kappa shape index (κ2) is 6.61. The fourth-order valence-electron chi connectivity index (χ4n) is 1.28. The summed E-state index contributed by atoms with van der Waals surface area (Å²) in [6.07, 6.45) is -1.90. The maximum atomic E-state index is 13.5. The minimum absolute atomic E-state index is 0. The molecule has 0 aromatic carbocycles. The summed E-state index contributed by atoms with van der Waals surface area (Å²) in [5.41, 5.74) is 6.46. The Labute approximate surface area is 106 Å². The fourth-order valence-corrected chi connectivity index (χ4v) is 1.28. The monoisotopic (exact) mass is 265 g/mol. The van der Waals surface area contributed by atoms with Crippen molar-refractivity contribution in [1.82, 2.24) is 0 Å². The fraction of sp³-hybridized carbons (Fsp3) is 0.545. The minimum Gasteiger partial charge on any atom is -0.464 e. The van der Waals surface area contributed by atoms with Crippen LogP contribution in [0.3, 0.4) is 0 Å². The molecule has 6 heteroatoms. The SMILES string of the molecule is CCOC(=O)C(F)[C@@H](N)c1cc(C)c(C)o1.Cl. The number of halogens is 2. The molecule has 1 heterocycles. The zero-order valence-electron chi connectivity index (χ0n) is 10.0. The van der Waals surface area contributed by atoms with Crippen LogP contribution in [0.5, 0.6) is 0 Å². The van der Waals surface area contributed by atoms with Gasteiger partial charge in [-0.15, -0.1) is 12.4 Å². The molecule has 0 saturated heterocycles. The molecule has 1 aromatic heterocycles. The molecule has 0 saturated carbocycles. The van der Waals surface area contributed by atoms with Crippen molar-refractivity contribution in [3.05, 3.63) is 23.2 Å². The number of carbonyl (C=O) groups is 1. The molecular weight excluding hydrogens is 249 g/mol. The van der Waals surface area contributed by atoms with Gasteiger partial charge in [0, 0.05) is 0 Å². The second-order valence-corrected chi connectivity index (χ2v) is 3.57. The van der Waals surface area contributed by atoms with Crippen LogP contribution in [0.25, 0.3) is 0 Å². The van der Waals surface area contributed by atoms with Crippen LogP contribution in [-0.4, -0.2) is 18.7 Å². The van der Waals surface area contributed by atoms with Gasteiger partial charge in [-0.2, -0.15) is 0 Å². The first kappa shape index (κ1) is 15.9. The first-order valence-electron chi connectivity index (χ1n) is 5.10. The lowest BCUT2D eigenvalue weighted by Gasteiger charge is -2.12. The van der Waals surface area contributed by atoms with Crippen LogP contribution in [0.2, 0.25) is 0 Å². The number of esters is 1. The predicted octanol–water partition coefficient (Wildman–Crippen LogP) is 2.22. The lowest BCUT2D eigenvalue weighted by Crippen LogP contribution is -2.31. The summed E-state index contributed by atoms with van der Waals surface area (Å²) in [7, 11) is 0. The lowest BCUT2D eigenvalue weighted by atomic mass is 10.1. The van der Waals surface area contributed by atoms with E-state index in [0.717, 1.165) is 5.56 Å². The van der Waals surface area contributed by atoms with Crippen molar-refractivity contribution in [1.29, 1.82) is 0 Å². The number of furan rings is 1. The number of aryl methyl sites for hydroxylation is 2. The summed E-state index contributed by atoms with van der Waals surface area (Å²) in [4.78, 5) is 11.1. The Bertz CT molecular complexity index is 361. The molecule has 0 aliphatic heterocycles. The minimum atomic E-state index is -1.90. The van der Waals surface area contributed by atoms with Gasteiger partial charge in [-0.3, -0.25) is 0 Å². The van der Waals surface area contributed by atoms with E-state index in [1.807, 2.05) is 6.92 Å². The normalized spacial score (nSPS) is 13.7. The highest BCUT2D eigenvalue weighted by Gasteiger charge is 2.30. The molecule has 4 nitrogen and oxygen atoms in total. The van der Waals surface area contributed by atoms with E-state index in [2.05, 4.69) is 4.74 Å². The Morgan fingerprint density at radius 3 is 2.59 bits per heavy atom. The van der Waals surface area contributed by atoms with Crippen LogP contribution in [0.15, 0.2) is 10.5 Å². The smallest absolute Gasteiger partial charge is 0.342 e. The lowest BCUT2D eigenvalue weighted by molar-refractivity contribution is -0.150. The average molecular weight is 266 g/mol. The third-order valence-electron chi connectivity index (χ3n) is 2.34. The third-order valence-corrected chi connectivity index (χ3v) is 2.34. The molecule has 1 rings (SSSR count). The average Bonchev–Trinajstić information content (AvgIpc) is 2.57. The van der Waals surface area contributed by atoms with E-state index in [1.165, 1.54) is 0 Å². The van der Waals surface area contributed by atoms with E-state index in [0.29, 0.717) is 5.76 Å². The molecule has 0 spiro atoms. The summed E-state index contributed by atoms with van der Waals surface area (Å²) in [5, 5.41) is 0. The molecule has 0 fully saturated rings. The number of carbonyl (C=O) groups excluding carboxylic acids is 1. The molecule has 17 heavy (non-hydrogen) atoms. The van der Waals surface area contributed by atoms with Gasteiger partial charge in [0.05, 0.1) is 6.61 Å². The quantitative estimate of drug-likeness (QED) is 0.848. The molecule has 0 aliphatic rings. The van der Waals surface area contributed by atoms with Crippen LogP contribution in [-0.2, 0) is 9.53 Å². The van der Waals surface area contributed by atoms with Gasteiger partial charge in [0.2, 0.25) is 6.17 Å². The Hall–Kier alpha value is -1.07. The van der Waals surface area contributed by atoms with Gasteiger partial charge in [-0.1, -0.05) is 0 Å². The first-order valence-corrected chi connectivity index (χ1v) is 5.10. The molecule has 0 radical (unpaired) electrons. The molecule has 0 bridgehead atoms. The van der Waals surface area contributed by atoms with Gasteiger partial charge in [-0.05, 0) is 32.4 Å². The van der Waals surface area contributed by atoms with Gasteiger partial charge in [-0.25, -0.2) is 9.18 Å². The van der Waals surface area contributed by atoms with E-state index < -0.39 is 18.2 Å². The van der Waals surface area contributed by atoms with E-state index in [1.54, 1.807) is 19.9 Å². The number of nitrogens with two attached hydrogens (primary N) is 1. The molecular formula is C11H17ClFNO3. The standard InChI is InChI=1S/C11H16FNO3.ClH/c1-4-15-11(14)9(12)10(13)8-5-6(2)7(3)16-8;/h5,9-10H,4,13H2,1-3H3;1H/t9?,10-;/m0./s1. The van der Waals surface area contributed by atoms with Crippen molar-refractivity contribution in [3.8, 4) is 0 Å². The summed E-state index contributed by atoms with van der Waals surface area (Å²) in [6.45, 7) is 5.31. The van der Waals surface area contributed by atoms with E-state index in [9.17, 15) is 9.18 Å². The number of alkyl halides is 1. The number of rotatable bonds is 4.